The molecule has 0 aromatic carbocycles. The molecule has 1 aliphatic rings. The lowest BCUT2D eigenvalue weighted by atomic mass is 9.76. The first-order valence-electron chi connectivity index (χ1n) is 5.15. The smallest absolute Gasteiger partial charge is 0.323 e. The highest BCUT2D eigenvalue weighted by Crippen LogP contribution is 2.32. The second-order valence-electron chi connectivity index (χ2n) is 3.90. The number of carboxylic acids is 1. The van der Waals surface area contributed by atoms with Crippen molar-refractivity contribution in [2.45, 2.75) is 57.5 Å². The van der Waals surface area contributed by atoms with E-state index in [4.69, 9.17) is 5.11 Å². The van der Waals surface area contributed by atoms with E-state index in [-0.39, 0.29) is 0 Å². The summed E-state index contributed by atoms with van der Waals surface area (Å²) >= 11 is 0. The summed E-state index contributed by atoms with van der Waals surface area (Å²) in [7, 11) is 0. The highest BCUT2D eigenvalue weighted by molar-refractivity contribution is 5.80. The van der Waals surface area contributed by atoms with Gasteiger partial charge in [0.05, 0.1) is 0 Å². The third-order valence-electron chi connectivity index (χ3n) is 3.08. The predicted octanol–water partition coefficient (Wildman–Crippen LogP) is 1.77. The largest absolute Gasteiger partial charge is 0.480 e. The fourth-order valence-corrected chi connectivity index (χ4v) is 1.83. The zero-order valence-electron chi connectivity index (χ0n) is 8.47. The third-order valence-corrected chi connectivity index (χ3v) is 3.08. The van der Waals surface area contributed by atoms with Crippen LogP contribution in [0.1, 0.15) is 46.0 Å². The van der Waals surface area contributed by atoms with Crippen molar-refractivity contribution < 1.29 is 9.90 Å². The molecule has 13 heavy (non-hydrogen) atoms. The van der Waals surface area contributed by atoms with Crippen molar-refractivity contribution in [2.24, 2.45) is 0 Å². The molecule has 0 aliphatic heterocycles. The lowest BCUT2D eigenvalue weighted by Gasteiger charge is -2.41. The molecule has 1 aliphatic carbocycles. The van der Waals surface area contributed by atoms with Gasteiger partial charge in [0.2, 0.25) is 0 Å². The van der Waals surface area contributed by atoms with Crippen molar-refractivity contribution in [1.29, 1.82) is 0 Å². The highest BCUT2D eigenvalue weighted by Gasteiger charge is 2.44. The van der Waals surface area contributed by atoms with Crippen molar-refractivity contribution in [1.82, 2.24) is 5.32 Å². The predicted molar refractivity (Wildman–Crippen MR) is 51.7 cm³/mol. The van der Waals surface area contributed by atoms with Crippen LogP contribution in [-0.2, 0) is 4.79 Å². The lowest BCUT2D eigenvalue weighted by molar-refractivity contribution is -0.149. The Morgan fingerprint density at radius 2 is 2.00 bits per heavy atom. The summed E-state index contributed by atoms with van der Waals surface area (Å²) in [6.45, 7) is 4.19. The average Bonchev–Trinajstić information content (AvgIpc) is 2.03. The van der Waals surface area contributed by atoms with Crippen LogP contribution in [0.15, 0.2) is 0 Å². The number of hydrogen-bond donors (Lipinski definition) is 2. The van der Waals surface area contributed by atoms with Crippen LogP contribution in [0.2, 0.25) is 0 Å². The number of carboxylic acid groups (broad SMARTS) is 1. The lowest BCUT2D eigenvalue weighted by Crippen LogP contribution is -2.60. The van der Waals surface area contributed by atoms with Crippen LogP contribution in [0.5, 0.6) is 0 Å². The molecule has 0 bridgehead atoms. The van der Waals surface area contributed by atoms with Crippen LogP contribution in [0.25, 0.3) is 0 Å². The third kappa shape index (κ3) is 2.02. The van der Waals surface area contributed by atoms with Gasteiger partial charge in [0.1, 0.15) is 5.54 Å². The van der Waals surface area contributed by atoms with Gasteiger partial charge in [-0.25, -0.2) is 0 Å². The summed E-state index contributed by atoms with van der Waals surface area (Å²) in [6.07, 6.45) is 4.63. The molecule has 3 heteroatoms. The highest BCUT2D eigenvalue weighted by atomic mass is 16.4. The first-order valence-corrected chi connectivity index (χ1v) is 5.15. The molecule has 0 aromatic rings. The maximum absolute atomic E-state index is 11.0. The molecule has 0 saturated heterocycles. The molecule has 3 nitrogen and oxygen atoms in total. The van der Waals surface area contributed by atoms with Crippen molar-refractivity contribution in [3.05, 3.63) is 0 Å². The Morgan fingerprint density at radius 1 is 1.46 bits per heavy atom. The zero-order valence-corrected chi connectivity index (χ0v) is 8.47. The molecule has 0 spiro atoms. The first-order chi connectivity index (χ1) is 6.14. The van der Waals surface area contributed by atoms with E-state index in [1.807, 2.05) is 0 Å². The Labute approximate surface area is 79.5 Å². The van der Waals surface area contributed by atoms with E-state index in [1.165, 1.54) is 0 Å². The molecule has 0 heterocycles. The second-order valence-corrected chi connectivity index (χ2v) is 3.90. The first kappa shape index (κ1) is 10.5. The van der Waals surface area contributed by atoms with E-state index in [0.29, 0.717) is 6.04 Å². The zero-order chi connectivity index (χ0) is 9.90. The van der Waals surface area contributed by atoms with Gasteiger partial charge < -0.3 is 5.11 Å². The van der Waals surface area contributed by atoms with E-state index < -0.39 is 11.5 Å². The average molecular weight is 185 g/mol. The number of hydrogen-bond acceptors (Lipinski definition) is 2. The number of aliphatic carboxylic acids is 1. The molecule has 0 radical (unpaired) electrons. The summed E-state index contributed by atoms with van der Waals surface area (Å²) in [6, 6.07) is 0.358. The van der Waals surface area contributed by atoms with E-state index in [9.17, 15) is 4.79 Å². The fourth-order valence-electron chi connectivity index (χ4n) is 1.83. The normalized spacial score (nSPS) is 19.9. The molecule has 1 rings (SSSR count). The summed E-state index contributed by atoms with van der Waals surface area (Å²) in [5, 5.41) is 12.3. The molecule has 2 N–H and O–H groups in total. The summed E-state index contributed by atoms with van der Waals surface area (Å²) in [4.78, 5) is 11.0. The van der Waals surface area contributed by atoms with Gasteiger partial charge in [-0.3, -0.25) is 10.1 Å². The van der Waals surface area contributed by atoms with Crippen molar-refractivity contribution in [3.8, 4) is 0 Å². The van der Waals surface area contributed by atoms with E-state index >= 15 is 0 Å². The quantitative estimate of drug-likeness (QED) is 0.686. The maximum Gasteiger partial charge on any atom is 0.323 e. The van der Waals surface area contributed by atoms with Crippen LogP contribution in [0, 0.1) is 0 Å². The van der Waals surface area contributed by atoms with E-state index in [1.54, 1.807) is 0 Å². The van der Waals surface area contributed by atoms with Gasteiger partial charge in [-0.1, -0.05) is 13.8 Å². The van der Waals surface area contributed by atoms with Gasteiger partial charge in [-0.15, -0.1) is 0 Å². The van der Waals surface area contributed by atoms with Gasteiger partial charge in [0.15, 0.2) is 0 Å². The molecule has 0 aromatic heterocycles. The number of rotatable bonds is 5. The van der Waals surface area contributed by atoms with Crippen molar-refractivity contribution in [3.63, 3.8) is 0 Å². The Balaban J connectivity index is 2.52. The van der Waals surface area contributed by atoms with Crippen LogP contribution in [0.4, 0.5) is 0 Å². The fraction of sp³-hybridized carbons (Fsp3) is 0.900. The van der Waals surface area contributed by atoms with E-state index in [2.05, 4.69) is 19.2 Å². The Kier molecular flexibility index (Phi) is 3.31. The van der Waals surface area contributed by atoms with E-state index in [0.717, 1.165) is 32.1 Å². The minimum absolute atomic E-state index is 0.358. The van der Waals surface area contributed by atoms with Gasteiger partial charge >= 0.3 is 5.97 Å². The molecule has 1 fully saturated rings. The van der Waals surface area contributed by atoms with Crippen LogP contribution in [0.3, 0.4) is 0 Å². The molecule has 1 saturated carbocycles. The topological polar surface area (TPSA) is 49.3 Å². The van der Waals surface area contributed by atoms with Crippen LogP contribution < -0.4 is 5.32 Å². The molecular formula is C10H19NO2. The number of nitrogens with one attached hydrogen (secondary N) is 1. The number of carbonyl (C=O) groups is 1. The van der Waals surface area contributed by atoms with Crippen LogP contribution in [-0.4, -0.2) is 22.7 Å². The van der Waals surface area contributed by atoms with Crippen molar-refractivity contribution in [2.75, 3.05) is 0 Å². The molecule has 0 atom stereocenters. The van der Waals surface area contributed by atoms with Gasteiger partial charge in [0.25, 0.3) is 0 Å². The Bertz CT molecular complexity index is 183. The second kappa shape index (κ2) is 4.09. The SMILES string of the molecule is CCC(CC)NC1(C(=O)O)CCC1. The maximum atomic E-state index is 11.0. The van der Waals surface area contributed by atoms with Crippen LogP contribution >= 0.6 is 0 Å². The summed E-state index contributed by atoms with van der Waals surface area (Å²) < 4.78 is 0. The van der Waals surface area contributed by atoms with Gasteiger partial charge in [-0.05, 0) is 32.1 Å². The van der Waals surface area contributed by atoms with Crippen molar-refractivity contribution >= 4 is 5.97 Å². The molecule has 0 amide bonds. The Morgan fingerprint density at radius 3 is 2.23 bits per heavy atom. The Hall–Kier alpha value is -0.570. The summed E-state index contributed by atoms with van der Waals surface area (Å²) in [5.41, 5.74) is -0.587. The minimum Gasteiger partial charge on any atom is -0.480 e. The van der Waals surface area contributed by atoms with Gasteiger partial charge in [0, 0.05) is 6.04 Å². The van der Waals surface area contributed by atoms with Gasteiger partial charge in [-0.2, -0.15) is 0 Å². The molecular weight excluding hydrogens is 166 g/mol. The monoisotopic (exact) mass is 185 g/mol. The standard InChI is InChI=1S/C10H19NO2/c1-3-8(4-2)11-10(9(12)13)6-5-7-10/h8,11H,3-7H2,1-2H3,(H,12,13). The molecule has 76 valence electrons. The minimum atomic E-state index is -0.675. The molecule has 0 unspecified atom stereocenters. The summed E-state index contributed by atoms with van der Waals surface area (Å²) in [5.74, 6) is -0.675.